The molecule has 2 aromatic rings. The second-order valence-corrected chi connectivity index (χ2v) is 5.97. The summed E-state index contributed by atoms with van der Waals surface area (Å²) in [5, 5.41) is 0.919. The summed E-state index contributed by atoms with van der Waals surface area (Å²) in [7, 11) is 0. The van der Waals surface area contributed by atoms with Gasteiger partial charge in [0.1, 0.15) is 5.56 Å². The van der Waals surface area contributed by atoms with Gasteiger partial charge in [-0.3, -0.25) is 9.59 Å². The van der Waals surface area contributed by atoms with Crippen molar-refractivity contribution in [3.8, 4) is 0 Å². The molecular weight excluding hydrogens is 278 g/mol. The maximum absolute atomic E-state index is 12.8. The average molecular weight is 299 g/mol. The number of benzene rings is 1. The van der Waals surface area contributed by atoms with Gasteiger partial charge in [0, 0.05) is 24.0 Å². The Morgan fingerprint density at radius 1 is 1.32 bits per heavy atom. The van der Waals surface area contributed by atoms with Crippen molar-refractivity contribution in [2.75, 3.05) is 19.6 Å². The van der Waals surface area contributed by atoms with Crippen LogP contribution in [0.2, 0.25) is 0 Å². The normalized spacial score (nSPS) is 16.2. The third kappa shape index (κ3) is 2.52. The molecule has 1 saturated heterocycles. The molecule has 1 amide bonds. The zero-order valence-corrected chi connectivity index (χ0v) is 12.8. The summed E-state index contributed by atoms with van der Waals surface area (Å²) in [5.74, 6) is 0.319. The fourth-order valence-electron chi connectivity index (χ4n) is 3.20. The Hall–Kier alpha value is -2.14. The van der Waals surface area contributed by atoms with Crippen molar-refractivity contribution in [1.29, 1.82) is 0 Å². The molecule has 0 spiro atoms. The molecule has 22 heavy (non-hydrogen) atoms. The largest absolute Gasteiger partial charge is 0.338 e. The molecule has 5 nitrogen and oxygen atoms in total. The van der Waals surface area contributed by atoms with Crippen molar-refractivity contribution in [2.24, 2.45) is 11.7 Å². The zero-order valence-electron chi connectivity index (χ0n) is 12.8. The van der Waals surface area contributed by atoms with E-state index in [9.17, 15) is 9.59 Å². The molecule has 1 aliphatic rings. The van der Waals surface area contributed by atoms with Gasteiger partial charge in [0.05, 0.1) is 0 Å². The van der Waals surface area contributed by atoms with E-state index in [4.69, 9.17) is 5.73 Å². The Morgan fingerprint density at radius 2 is 2.00 bits per heavy atom. The van der Waals surface area contributed by atoms with E-state index in [-0.39, 0.29) is 17.0 Å². The predicted molar refractivity (Wildman–Crippen MR) is 87.0 cm³/mol. The van der Waals surface area contributed by atoms with Crippen LogP contribution in [-0.2, 0) is 0 Å². The molecule has 1 aliphatic heterocycles. The minimum atomic E-state index is -0.304. The number of amides is 1. The Balaban J connectivity index is 1.96. The fourth-order valence-corrected chi connectivity index (χ4v) is 3.20. The Bertz CT molecular complexity index is 758. The van der Waals surface area contributed by atoms with Gasteiger partial charge in [0.25, 0.3) is 11.5 Å². The first-order valence-corrected chi connectivity index (χ1v) is 7.72. The van der Waals surface area contributed by atoms with Crippen LogP contribution in [0.25, 0.3) is 10.9 Å². The summed E-state index contributed by atoms with van der Waals surface area (Å²) >= 11 is 0. The standard InChI is InChI=1S/C17H21N3O2/c1-11-13-4-2-3-5-14(13)19-16(21)15(11)17(22)20-8-6-12(10-18)7-9-20/h2-5,12H,6-10,18H2,1H3,(H,19,21). The van der Waals surface area contributed by atoms with Crippen molar-refractivity contribution >= 4 is 16.8 Å². The first kappa shape index (κ1) is 14.8. The van der Waals surface area contributed by atoms with E-state index in [0.29, 0.717) is 25.6 Å². The highest BCUT2D eigenvalue weighted by atomic mass is 16.2. The quantitative estimate of drug-likeness (QED) is 0.885. The van der Waals surface area contributed by atoms with Crippen molar-refractivity contribution in [1.82, 2.24) is 9.88 Å². The molecule has 0 radical (unpaired) electrons. The molecule has 0 unspecified atom stereocenters. The van der Waals surface area contributed by atoms with Crippen LogP contribution in [0, 0.1) is 12.8 Å². The van der Waals surface area contributed by atoms with E-state index in [1.165, 1.54) is 0 Å². The first-order valence-electron chi connectivity index (χ1n) is 7.72. The van der Waals surface area contributed by atoms with E-state index in [0.717, 1.165) is 29.3 Å². The molecule has 1 aromatic carbocycles. The van der Waals surface area contributed by atoms with Gasteiger partial charge in [-0.05, 0) is 43.9 Å². The van der Waals surface area contributed by atoms with Gasteiger partial charge in [0.2, 0.25) is 0 Å². The molecule has 0 saturated carbocycles. The lowest BCUT2D eigenvalue weighted by Gasteiger charge is -2.31. The van der Waals surface area contributed by atoms with Crippen LogP contribution >= 0.6 is 0 Å². The molecule has 0 bridgehead atoms. The van der Waals surface area contributed by atoms with Crippen LogP contribution in [-0.4, -0.2) is 35.4 Å². The number of rotatable bonds is 2. The van der Waals surface area contributed by atoms with Crippen molar-refractivity contribution in [3.63, 3.8) is 0 Å². The number of fused-ring (bicyclic) bond motifs is 1. The number of nitrogens with zero attached hydrogens (tertiary/aromatic N) is 1. The Kier molecular flexibility index (Phi) is 3.98. The van der Waals surface area contributed by atoms with Crippen LogP contribution in [0.1, 0.15) is 28.8 Å². The molecule has 0 aliphatic carbocycles. The van der Waals surface area contributed by atoms with Crippen LogP contribution < -0.4 is 11.3 Å². The number of nitrogens with two attached hydrogens (primary N) is 1. The summed E-state index contributed by atoms with van der Waals surface area (Å²) < 4.78 is 0. The highest BCUT2D eigenvalue weighted by Gasteiger charge is 2.26. The van der Waals surface area contributed by atoms with E-state index in [2.05, 4.69) is 4.98 Å². The number of hydrogen-bond acceptors (Lipinski definition) is 3. The molecule has 116 valence electrons. The predicted octanol–water partition coefficient (Wildman–Crippen LogP) is 1.65. The van der Waals surface area contributed by atoms with Gasteiger partial charge in [0.15, 0.2) is 0 Å². The summed E-state index contributed by atoms with van der Waals surface area (Å²) in [6.45, 7) is 3.86. The Morgan fingerprint density at radius 3 is 2.68 bits per heavy atom. The van der Waals surface area contributed by atoms with Gasteiger partial charge in [-0.1, -0.05) is 18.2 Å². The molecule has 1 aromatic heterocycles. The second-order valence-electron chi connectivity index (χ2n) is 5.97. The molecule has 5 heteroatoms. The number of aromatic nitrogens is 1. The number of para-hydroxylation sites is 1. The lowest BCUT2D eigenvalue weighted by molar-refractivity contribution is 0.0691. The third-order valence-electron chi connectivity index (χ3n) is 4.63. The zero-order chi connectivity index (χ0) is 15.7. The lowest BCUT2D eigenvalue weighted by atomic mass is 9.96. The Labute approximate surface area is 129 Å². The molecular formula is C17H21N3O2. The minimum absolute atomic E-state index is 0.167. The minimum Gasteiger partial charge on any atom is -0.338 e. The third-order valence-corrected chi connectivity index (χ3v) is 4.63. The second kappa shape index (κ2) is 5.93. The molecule has 3 N–H and O–H groups in total. The van der Waals surface area contributed by atoms with Crippen LogP contribution in [0.5, 0.6) is 0 Å². The van der Waals surface area contributed by atoms with Crippen molar-refractivity contribution in [2.45, 2.75) is 19.8 Å². The number of pyridine rings is 1. The number of likely N-dealkylation sites (tertiary alicyclic amines) is 1. The molecule has 3 rings (SSSR count). The number of aromatic amines is 1. The smallest absolute Gasteiger partial charge is 0.261 e. The molecule has 2 heterocycles. The van der Waals surface area contributed by atoms with Crippen LogP contribution in [0.4, 0.5) is 0 Å². The number of H-pyrrole nitrogens is 1. The lowest BCUT2D eigenvalue weighted by Crippen LogP contribution is -2.42. The molecule has 1 fully saturated rings. The van der Waals surface area contributed by atoms with Crippen LogP contribution in [0.3, 0.4) is 0 Å². The number of nitrogens with one attached hydrogen (secondary N) is 1. The monoisotopic (exact) mass is 299 g/mol. The highest BCUT2D eigenvalue weighted by molar-refractivity contribution is 5.99. The fraction of sp³-hybridized carbons (Fsp3) is 0.412. The maximum Gasteiger partial charge on any atom is 0.261 e. The summed E-state index contributed by atoms with van der Waals surface area (Å²) in [4.78, 5) is 29.7. The topological polar surface area (TPSA) is 79.2 Å². The SMILES string of the molecule is Cc1c(C(=O)N2CCC(CN)CC2)c(=O)[nH]c2ccccc12. The first-order chi connectivity index (χ1) is 10.6. The highest BCUT2D eigenvalue weighted by Crippen LogP contribution is 2.21. The summed E-state index contributed by atoms with van der Waals surface area (Å²) in [6.07, 6.45) is 1.82. The van der Waals surface area contributed by atoms with Gasteiger partial charge in [-0.2, -0.15) is 0 Å². The number of carbonyl (C=O) groups is 1. The van der Waals surface area contributed by atoms with Gasteiger partial charge in [-0.25, -0.2) is 0 Å². The maximum atomic E-state index is 12.8. The number of piperidine rings is 1. The van der Waals surface area contributed by atoms with E-state index in [1.807, 2.05) is 31.2 Å². The van der Waals surface area contributed by atoms with E-state index in [1.54, 1.807) is 4.90 Å². The number of hydrogen-bond donors (Lipinski definition) is 2. The van der Waals surface area contributed by atoms with Crippen molar-refractivity contribution in [3.05, 3.63) is 45.7 Å². The molecule has 0 atom stereocenters. The summed E-state index contributed by atoms with van der Waals surface area (Å²) in [5.41, 5.74) is 7.17. The number of carbonyl (C=O) groups excluding carboxylic acids is 1. The van der Waals surface area contributed by atoms with Gasteiger partial charge >= 0.3 is 0 Å². The van der Waals surface area contributed by atoms with Crippen LogP contribution in [0.15, 0.2) is 29.1 Å². The summed E-state index contributed by atoms with van der Waals surface area (Å²) in [6, 6.07) is 7.56. The van der Waals surface area contributed by atoms with E-state index >= 15 is 0 Å². The van der Waals surface area contributed by atoms with E-state index < -0.39 is 0 Å². The van der Waals surface area contributed by atoms with Gasteiger partial charge < -0.3 is 15.6 Å². The van der Waals surface area contributed by atoms with Crippen molar-refractivity contribution < 1.29 is 4.79 Å². The van der Waals surface area contributed by atoms with Gasteiger partial charge in [-0.15, -0.1) is 0 Å². The number of aryl methyl sites for hydroxylation is 1. The average Bonchev–Trinajstić information content (AvgIpc) is 2.55.